The summed E-state index contributed by atoms with van der Waals surface area (Å²) in [5, 5.41) is 22.9. The second-order valence-corrected chi connectivity index (χ2v) is 7.57. The van der Waals surface area contributed by atoms with Gasteiger partial charge in [-0.3, -0.25) is 0 Å². The first-order chi connectivity index (χ1) is 15.5. The van der Waals surface area contributed by atoms with E-state index in [2.05, 4.69) is 21.1 Å². The number of hydrogen-bond acceptors (Lipinski definition) is 7. The average Bonchev–Trinajstić information content (AvgIpc) is 3.25. The molecule has 0 unspecified atom stereocenters. The Morgan fingerprint density at radius 3 is 2.69 bits per heavy atom. The normalized spacial score (nSPS) is 14.9. The minimum absolute atomic E-state index is 0.0658. The topological polar surface area (TPSA) is 116 Å². The van der Waals surface area contributed by atoms with Gasteiger partial charge in [0.05, 0.1) is 29.6 Å². The van der Waals surface area contributed by atoms with Gasteiger partial charge in [0, 0.05) is 50.6 Å². The first-order valence-electron chi connectivity index (χ1n) is 10.3. The number of piperazine rings is 1. The van der Waals surface area contributed by atoms with Crippen LogP contribution in [-0.2, 0) is 4.74 Å². The molecule has 0 radical (unpaired) electrons. The molecular formula is C22H24N6O4. The van der Waals surface area contributed by atoms with Crippen LogP contribution < -0.4 is 9.64 Å². The first kappa shape index (κ1) is 21.4. The summed E-state index contributed by atoms with van der Waals surface area (Å²) in [5.74, 6) is 1.39. The van der Waals surface area contributed by atoms with Gasteiger partial charge in [-0.2, -0.15) is 10.4 Å². The van der Waals surface area contributed by atoms with Crippen molar-refractivity contribution >= 4 is 17.4 Å². The Morgan fingerprint density at radius 1 is 1.28 bits per heavy atom. The van der Waals surface area contributed by atoms with Gasteiger partial charge in [-0.1, -0.05) is 0 Å². The number of amides is 1. The lowest BCUT2D eigenvalue weighted by molar-refractivity contribution is 0.0715. The lowest BCUT2D eigenvalue weighted by Crippen LogP contribution is -2.48. The third-order valence-electron chi connectivity index (χ3n) is 5.53. The molecule has 0 saturated carbocycles. The van der Waals surface area contributed by atoms with E-state index in [-0.39, 0.29) is 6.10 Å². The van der Waals surface area contributed by atoms with Crippen molar-refractivity contribution in [2.24, 2.45) is 0 Å². The van der Waals surface area contributed by atoms with Gasteiger partial charge in [0.2, 0.25) is 0 Å². The van der Waals surface area contributed by atoms with Gasteiger partial charge in [0.25, 0.3) is 0 Å². The van der Waals surface area contributed by atoms with E-state index in [1.54, 1.807) is 24.0 Å². The summed E-state index contributed by atoms with van der Waals surface area (Å²) in [5.41, 5.74) is 2.76. The fourth-order valence-corrected chi connectivity index (χ4v) is 3.62. The number of nitriles is 1. The number of carbonyl (C=O) groups is 1. The van der Waals surface area contributed by atoms with Crippen LogP contribution in [0, 0.1) is 11.3 Å². The third-order valence-corrected chi connectivity index (χ3v) is 5.53. The number of methoxy groups -OCH3 is 1. The highest BCUT2D eigenvalue weighted by molar-refractivity contribution is 5.85. The minimum atomic E-state index is -0.895. The second kappa shape index (κ2) is 9.11. The number of carboxylic acid groups (broad SMARTS) is 1. The lowest BCUT2D eigenvalue weighted by atomic mass is 10.1. The molecule has 1 amide bonds. The van der Waals surface area contributed by atoms with Crippen LogP contribution >= 0.6 is 0 Å². The molecule has 4 heterocycles. The number of ether oxygens (including phenoxy) is 2. The van der Waals surface area contributed by atoms with Gasteiger partial charge >= 0.3 is 6.09 Å². The zero-order chi connectivity index (χ0) is 22.7. The summed E-state index contributed by atoms with van der Waals surface area (Å²) >= 11 is 0. The molecular weight excluding hydrogens is 412 g/mol. The maximum atomic E-state index is 11.1. The zero-order valence-electron chi connectivity index (χ0n) is 17.9. The number of fused-ring (bicyclic) bond motifs is 1. The fraction of sp³-hybridized carbons (Fsp3) is 0.364. The summed E-state index contributed by atoms with van der Waals surface area (Å²) in [7, 11) is 1.63. The van der Waals surface area contributed by atoms with E-state index < -0.39 is 6.09 Å². The highest BCUT2D eigenvalue weighted by Gasteiger charge is 2.21. The van der Waals surface area contributed by atoms with Crippen LogP contribution in [0.4, 0.5) is 10.6 Å². The second-order valence-electron chi connectivity index (χ2n) is 7.57. The van der Waals surface area contributed by atoms with Crippen LogP contribution in [0.2, 0.25) is 0 Å². The van der Waals surface area contributed by atoms with E-state index in [1.807, 2.05) is 25.1 Å². The van der Waals surface area contributed by atoms with Crippen molar-refractivity contribution in [3.05, 3.63) is 42.4 Å². The molecule has 1 aliphatic heterocycles. The maximum absolute atomic E-state index is 11.1. The van der Waals surface area contributed by atoms with Crippen molar-refractivity contribution < 1.29 is 19.4 Å². The standard InChI is InChI=1S/C22H24N6O4/c1-15(31-2)14-32-18-9-19(21-17(10-23)12-25-28(21)13-18)16-3-4-20(24-11-16)26-5-7-27(8-6-26)22(29)30/h3-4,9,11-13,15H,5-8,14H2,1-2H3,(H,29,30)/t15-/m1/s1. The number of rotatable bonds is 6. The molecule has 0 aromatic carbocycles. The minimum Gasteiger partial charge on any atom is -0.489 e. The summed E-state index contributed by atoms with van der Waals surface area (Å²) < 4.78 is 12.8. The van der Waals surface area contributed by atoms with E-state index in [0.717, 1.165) is 16.9 Å². The van der Waals surface area contributed by atoms with Crippen molar-refractivity contribution in [2.45, 2.75) is 13.0 Å². The highest BCUT2D eigenvalue weighted by Crippen LogP contribution is 2.31. The predicted molar refractivity (Wildman–Crippen MR) is 117 cm³/mol. The number of anilines is 1. The Kier molecular flexibility index (Phi) is 6.09. The molecule has 3 aromatic rings. The Hall–Kier alpha value is -3.84. The zero-order valence-corrected chi connectivity index (χ0v) is 17.9. The summed E-state index contributed by atoms with van der Waals surface area (Å²) in [6, 6.07) is 7.92. The molecule has 3 aromatic heterocycles. The van der Waals surface area contributed by atoms with Gasteiger partial charge in [0.1, 0.15) is 24.2 Å². The smallest absolute Gasteiger partial charge is 0.407 e. The van der Waals surface area contributed by atoms with Crippen LogP contribution in [0.3, 0.4) is 0 Å². The SMILES string of the molecule is CO[C@H](C)COc1cc(-c2ccc(N3CCN(C(=O)O)CC3)nc2)c2c(C#N)cnn2c1. The molecule has 1 saturated heterocycles. The number of hydrogen-bond donors (Lipinski definition) is 1. The van der Waals surface area contributed by atoms with Crippen LogP contribution in [0.25, 0.3) is 16.6 Å². The molecule has 1 N–H and O–H groups in total. The van der Waals surface area contributed by atoms with Crippen LogP contribution in [0.15, 0.2) is 36.8 Å². The van der Waals surface area contributed by atoms with Crippen LogP contribution in [-0.4, -0.2) is 76.7 Å². The van der Waals surface area contributed by atoms with Crippen molar-refractivity contribution in [3.63, 3.8) is 0 Å². The van der Waals surface area contributed by atoms with E-state index in [9.17, 15) is 10.1 Å². The summed E-state index contributed by atoms with van der Waals surface area (Å²) in [4.78, 5) is 19.2. The molecule has 166 valence electrons. The van der Waals surface area contributed by atoms with E-state index >= 15 is 0 Å². The predicted octanol–water partition coefficient (Wildman–Crippen LogP) is 2.48. The quantitative estimate of drug-likeness (QED) is 0.626. The summed E-state index contributed by atoms with van der Waals surface area (Å²) in [6.45, 7) is 4.36. The monoisotopic (exact) mass is 436 g/mol. The Morgan fingerprint density at radius 2 is 2.06 bits per heavy atom. The Bertz CT molecular complexity index is 1150. The fourth-order valence-electron chi connectivity index (χ4n) is 3.62. The van der Waals surface area contributed by atoms with Gasteiger partial charge in [-0.25, -0.2) is 14.3 Å². The third kappa shape index (κ3) is 4.29. The van der Waals surface area contributed by atoms with Crippen LogP contribution in [0.1, 0.15) is 12.5 Å². The number of aromatic nitrogens is 3. The lowest BCUT2D eigenvalue weighted by Gasteiger charge is -2.33. The number of nitrogens with zero attached hydrogens (tertiary/aromatic N) is 6. The van der Waals surface area contributed by atoms with E-state index in [1.165, 1.54) is 11.1 Å². The molecule has 0 aliphatic carbocycles. The van der Waals surface area contributed by atoms with Gasteiger partial charge in [-0.05, 0) is 25.1 Å². The van der Waals surface area contributed by atoms with Gasteiger partial charge < -0.3 is 24.4 Å². The maximum Gasteiger partial charge on any atom is 0.407 e. The van der Waals surface area contributed by atoms with E-state index in [4.69, 9.17) is 14.6 Å². The van der Waals surface area contributed by atoms with Crippen molar-refractivity contribution in [3.8, 4) is 22.9 Å². The molecule has 10 nitrogen and oxygen atoms in total. The molecule has 10 heteroatoms. The summed E-state index contributed by atoms with van der Waals surface area (Å²) in [6.07, 6.45) is 4.07. The molecule has 0 spiro atoms. The van der Waals surface area contributed by atoms with Crippen LogP contribution in [0.5, 0.6) is 5.75 Å². The average molecular weight is 436 g/mol. The first-order valence-corrected chi connectivity index (χ1v) is 10.3. The van der Waals surface area contributed by atoms with E-state index in [0.29, 0.717) is 49.6 Å². The van der Waals surface area contributed by atoms with Crippen molar-refractivity contribution in [2.75, 3.05) is 44.8 Å². The van der Waals surface area contributed by atoms with Crippen molar-refractivity contribution in [1.82, 2.24) is 19.5 Å². The van der Waals surface area contributed by atoms with Crippen molar-refractivity contribution in [1.29, 1.82) is 5.26 Å². The highest BCUT2D eigenvalue weighted by atomic mass is 16.5. The van der Waals surface area contributed by atoms with Gasteiger partial charge in [0.15, 0.2) is 0 Å². The largest absolute Gasteiger partial charge is 0.489 e. The van der Waals surface area contributed by atoms with Gasteiger partial charge in [-0.15, -0.1) is 0 Å². The molecule has 4 rings (SSSR count). The Labute approximate surface area is 185 Å². The molecule has 1 aliphatic rings. The Balaban J connectivity index is 1.62. The molecule has 32 heavy (non-hydrogen) atoms. The molecule has 1 atom stereocenters. The molecule has 0 bridgehead atoms. The number of pyridine rings is 2. The molecule has 1 fully saturated rings.